The van der Waals surface area contributed by atoms with E-state index in [0.29, 0.717) is 30.5 Å². The number of nitrogens with two attached hydrogens (primary N) is 1. The molecule has 0 bridgehead atoms. The van der Waals surface area contributed by atoms with Crippen molar-refractivity contribution in [3.8, 4) is 0 Å². The average Bonchev–Trinajstić information content (AvgIpc) is 3.23. The molecule has 0 aromatic heterocycles. The number of nitrogens with zero attached hydrogens (tertiary/aromatic N) is 1. The van der Waals surface area contributed by atoms with Crippen LogP contribution in [0.25, 0.3) is 15.7 Å². The van der Waals surface area contributed by atoms with Gasteiger partial charge in [-0.1, -0.05) is 92.1 Å². The van der Waals surface area contributed by atoms with Crippen molar-refractivity contribution in [3.63, 3.8) is 0 Å². The number of hydrogen-bond acceptors (Lipinski definition) is 6. The first-order chi connectivity index (χ1) is 21.4. The number of ether oxygens (including phenoxy) is 1. The Morgan fingerprint density at radius 3 is 2.36 bits per heavy atom. The third-order valence-electron chi connectivity index (χ3n) is 8.82. The fourth-order valence-corrected chi connectivity index (χ4v) is 8.40. The fraction of sp³-hybridized carbons (Fsp3) is 0.429. The van der Waals surface area contributed by atoms with Crippen LogP contribution in [0.4, 0.5) is 0 Å². The first-order valence-corrected chi connectivity index (χ1v) is 17.2. The molecule has 1 aliphatic carbocycles. The summed E-state index contributed by atoms with van der Waals surface area (Å²) in [6.07, 6.45) is 4.10. The lowest BCUT2D eigenvalue weighted by atomic mass is 9.76. The molecule has 4 N–H and O–H groups in total. The van der Waals surface area contributed by atoms with Crippen molar-refractivity contribution in [1.29, 1.82) is 0 Å². The Kier molecular flexibility index (Phi) is 9.79. The molecule has 1 heterocycles. The molecule has 1 saturated carbocycles. The highest BCUT2D eigenvalue weighted by Crippen LogP contribution is 2.47. The van der Waals surface area contributed by atoms with Crippen LogP contribution in [0.1, 0.15) is 64.0 Å². The maximum absolute atomic E-state index is 14.3. The molecule has 9 nitrogen and oxygen atoms in total. The van der Waals surface area contributed by atoms with Gasteiger partial charge in [0.15, 0.2) is 0 Å². The van der Waals surface area contributed by atoms with Gasteiger partial charge in [-0.3, -0.25) is 9.59 Å². The predicted molar refractivity (Wildman–Crippen MR) is 177 cm³/mol. The zero-order chi connectivity index (χ0) is 32.2. The van der Waals surface area contributed by atoms with Crippen molar-refractivity contribution in [2.75, 3.05) is 19.7 Å². The van der Waals surface area contributed by atoms with E-state index in [1.54, 1.807) is 18.7 Å². The van der Waals surface area contributed by atoms with E-state index in [-0.39, 0.29) is 30.6 Å². The molecular formula is C35H44N4O5S. The number of benzene rings is 3. The minimum atomic E-state index is -3.89. The molecule has 240 valence electrons. The predicted octanol–water partition coefficient (Wildman–Crippen LogP) is 4.47. The van der Waals surface area contributed by atoms with Crippen molar-refractivity contribution in [3.05, 3.63) is 89.5 Å². The molecule has 45 heavy (non-hydrogen) atoms. The molecule has 5 rings (SSSR count). The Morgan fingerprint density at radius 2 is 1.67 bits per heavy atom. The number of rotatable bonds is 11. The molecule has 1 atom stereocenters. The normalized spacial score (nSPS) is 18.2. The van der Waals surface area contributed by atoms with Crippen LogP contribution in [0.3, 0.4) is 0 Å². The number of likely N-dealkylation sites (N-methyl/N-ethyl adjacent to an activating group) is 1. The third-order valence-corrected chi connectivity index (χ3v) is 10.5. The van der Waals surface area contributed by atoms with Gasteiger partial charge in [0.1, 0.15) is 6.04 Å². The summed E-state index contributed by atoms with van der Waals surface area (Å²) in [6.45, 7) is 5.61. The third kappa shape index (κ3) is 7.14. The first kappa shape index (κ1) is 32.8. The van der Waals surface area contributed by atoms with Gasteiger partial charge < -0.3 is 20.7 Å². The summed E-state index contributed by atoms with van der Waals surface area (Å²) >= 11 is 0. The lowest BCUT2D eigenvalue weighted by Gasteiger charge is -2.38. The molecule has 1 unspecified atom stereocenters. The quantitative estimate of drug-likeness (QED) is 0.286. The molecule has 10 heteroatoms. The number of hydrogen-bond donors (Lipinski definition) is 3. The number of sulfonamides is 1. The van der Waals surface area contributed by atoms with Gasteiger partial charge in [0, 0.05) is 18.7 Å². The Morgan fingerprint density at radius 1 is 1.00 bits per heavy atom. The van der Waals surface area contributed by atoms with E-state index in [4.69, 9.17) is 10.5 Å². The van der Waals surface area contributed by atoms with Gasteiger partial charge in [-0.25, -0.2) is 13.1 Å². The van der Waals surface area contributed by atoms with E-state index in [0.717, 1.165) is 35.6 Å². The zero-order valence-corrected chi connectivity index (χ0v) is 27.2. The minimum absolute atomic E-state index is 0.0665. The summed E-state index contributed by atoms with van der Waals surface area (Å²) in [5.74, 6) is -0.840. The van der Waals surface area contributed by atoms with Gasteiger partial charge in [0.25, 0.3) is 0 Å². The number of nitrogens with one attached hydrogen (secondary N) is 2. The molecule has 3 aromatic carbocycles. The lowest BCUT2D eigenvalue weighted by molar-refractivity contribution is -0.139. The average molecular weight is 633 g/mol. The standard InChI is InChI=1S/C35H44N4O5S/c1-4-39(32(40)30(37-33(41)34(2,3)36)24-44-23-25-14-7-5-8-15-25)22-29-31(28-19-13-17-26-16-9-10-18-27(26)28)45(42,43)38-35(29)20-11-6-12-21-35/h5,7-10,13-19,30,38H,4,6,11-12,20-24,36H2,1-3H3,(H,37,41). The van der Waals surface area contributed by atoms with E-state index < -0.39 is 33.1 Å². The smallest absolute Gasteiger partial charge is 0.247 e. The van der Waals surface area contributed by atoms with E-state index in [9.17, 15) is 18.0 Å². The van der Waals surface area contributed by atoms with Crippen LogP contribution in [0.15, 0.2) is 78.4 Å². The maximum atomic E-state index is 14.3. The van der Waals surface area contributed by atoms with Gasteiger partial charge in [0.2, 0.25) is 21.8 Å². The van der Waals surface area contributed by atoms with Gasteiger partial charge in [-0.05, 0) is 55.5 Å². The van der Waals surface area contributed by atoms with Crippen LogP contribution in [-0.2, 0) is 31.0 Å². The van der Waals surface area contributed by atoms with E-state index >= 15 is 0 Å². The van der Waals surface area contributed by atoms with Crippen LogP contribution in [-0.4, -0.2) is 61.9 Å². The number of carbonyl (C=O) groups excluding carboxylic acids is 2. The summed E-state index contributed by atoms with van der Waals surface area (Å²) < 4.78 is 37.1. The Labute approximate surface area is 266 Å². The van der Waals surface area contributed by atoms with E-state index in [1.165, 1.54) is 0 Å². The van der Waals surface area contributed by atoms with Gasteiger partial charge >= 0.3 is 0 Å². The highest BCUT2D eigenvalue weighted by atomic mass is 32.2. The Bertz CT molecular complexity index is 1670. The van der Waals surface area contributed by atoms with E-state index in [1.807, 2.05) is 79.7 Å². The van der Waals surface area contributed by atoms with Crippen molar-refractivity contribution >= 4 is 37.5 Å². The van der Waals surface area contributed by atoms with Crippen molar-refractivity contribution in [2.45, 2.75) is 76.6 Å². The SMILES string of the molecule is CCN(CC1=C(c2cccc3ccccc23)S(=O)(=O)NC12CCCCC2)C(=O)C(COCc1ccccc1)NC(=O)C(C)(C)N. The molecular weight excluding hydrogens is 588 g/mol. The van der Waals surface area contributed by atoms with Crippen molar-refractivity contribution in [2.24, 2.45) is 5.73 Å². The second-order valence-electron chi connectivity index (χ2n) is 12.7. The van der Waals surface area contributed by atoms with Gasteiger partial charge in [0.05, 0.1) is 29.2 Å². The molecule has 2 amide bonds. The highest BCUT2D eigenvalue weighted by molar-refractivity contribution is 7.99. The summed E-state index contributed by atoms with van der Waals surface area (Å²) in [5.41, 5.74) is 6.35. The molecule has 3 aromatic rings. The lowest BCUT2D eigenvalue weighted by Crippen LogP contribution is -2.58. The Balaban J connectivity index is 1.53. The topological polar surface area (TPSA) is 131 Å². The molecule has 1 fully saturated rings. The second kappa shape index (κ2) is 13.4. The minimum Gasteiger partial charge on any atom is -0.374 e. The molecule has 1 aliphatic heterocycles. The van der Waals surface area contributed by atoms with Crippen molar-refractivity contribution in [1.82, 2.24) is 14.9 Å². The molecule has 2 aliphatic rings. The molecule has 1 spiro atoms. The number of amides is 2. The first-order valence-electron chi connectivity index (χ1n) is 15.7. The van der Waals surface area contributed by atoms with Crippen LogP contribution in [0.2, 0.25) is 0 Å². The van der Waals surface area contributed by atoms with Crippen LogP contribution < -0.4 is 15.8 Å². The van der Waals surface area contributed by atoms with Gasteiger partial charge in [-0.15, -0.1) is 0 Å². The highest BCUT2D eigenvalue weighted by Gasteiger charge is 2.50. The van der Waals surface area contributed by atoms with Crippen LogP contribution in [0.5, 0.6) is 0 Å². The number of carbonyl (C=O) groups is 2. The fourth-order valence-electron chi connectivity index (χ4n) is 6.41. The summed E-state index contributed by atoms with van der Waals surface area (Å²) in [6, 6.07) is 22.0. The number of fused-ring (bicyclic) bond motifs is 1. The zero-order valence-electron chi connectivity index (χ0n) is 26.3. The van der Waals surface area contributed by atoms with Crippen LogP contribution >= 0.6 is 0 Å². The summed E-state index contributed by atoms with van der Waals surface area (Å²) in [5, 5.41) is 4.58. The largest absolute Gasteiger partial charge is 0.374 e. The van der Waals surface area contributed by atoms with Gasteiger partial charge in [-0.2, -0.15) is 0 Å². The summed E-state index contributed by atoms with van der Waals surface area (Å²) in [4.78, 5) is 29.1. The molecule has 0 radical (unpaired) electrons. The van der Waals surface area contributed by atoms with Crippen molar-refractivity contribution < 1.29 is 22.7 Å². The second-order valence-corrected chi connectivity index (χ2v) is 14.3. The van der Waals surface area contributed by atoms with E-state index in [2.05, 4.69) is 10.0 Å². The maximum Gasteiger partial charge on any atom is 0.247 e. The molecule has 0 saturated heterocycles. The van der Waals surface area contributed by atoms with Crippen LogP contribution in [0, 0.1) is 0 Å². The Hall–Kier alpha value is -3.57. The summed E-state index contributed by atoms with van der Waals surface area (Å²) in [7, 11) is -3.89. The monoisotopic (exact) mass is 632 g/mol.